The Morgan fingerprint density at radius 1 is 1.41 bits per heavy atom. The van der Waals surface area contributed by atoms with Crippen LogP contribution in [-0.2, 0) is 0 Å². The molecule has 124 valence electrons. The summed E-state index contributed by atoms with van der Waals surface area (Å²) in [6, 6.07) is 0. The van der Waals surface area contributed by atoms with Gasteiger partial charge in [-0.05, 0) is 85.9 Å². The number of fused-ring (bicyclic) bond motifs is 1. The number of rotatable bonds is 3. The lowest BCUT2D eigenvalue weighted by Gasteiger charge is -2.44. The molecule has 1 N–H and O–H groups in total. The first kappa shape index (κ1) is 16.8. The van der Waals surface area contributed by atoms with Crippen LogP contribution in [0.2, 0.25) is 0 Å². The van der Waals surface area contributed by atoms with E-state index >= 15 is 0 Å². The second-order valence-electron chi connectivity index (χ2n) is 8.67. The Morgan fingerprint density at radius 3 is 2.82 bits per heavy atom. The Bertz CT molecular complexity index is 478. The van der Waals surface area contributed by atoms with E-state index in [4.69, 9.17) is 0 Å². The maximum atomic E-state index is 10.1. The largest absolute Gasteiger partial charge is 0.386 e. The van der Waals surface area contributed by atoms with E-state index in [9.17, 15) is 5.11 Å². The molecule has 2 heteroatoms. The van der Waals surface area contributed by atoms with E-state index in [-0.39, 0.29) is 0 Å². The summed E-state index contributed by atoms with van der Waals surface area (Å²) in [6.07, 6.45) is 13.2. The molecule has 0 aromatic carbocycles. The van der Waals surface area contributed by atoms with Gasteiger partial charge in [-0.2, -0.15) is 0 Å². The van der Waals surface area contributed by atoms with Gasteiger partial charge < -0.3 is 5.11 Å². The summed E-state index contributed by atoms with van der Waals surface area (Å²) in [7, 11) is 0. The van der Waals surface area contributed by atoms with Crippen molar-refractivity contribution in [2.45, 2.75) is 71.3 Å². The van der Waals surface area contributed by atoms with Gasteiger partial charge in [0.15, 0.2) is 0 Å². The molecular formula is C20H31BrO. The van der Waals surface area contributed by atoms with Crippen LogP contribution in [0.15, 0.2) is 22.7 Å². The second kappa shape index (κ2) is 6.09. The Balaban J connectivity index is 1.69. The standard InChI is InChI=1S/C20H31BrO/c1-14(11-15-8-10-19(2,22)12-15)17-6-7-18-16(13-21)5-4-9-20(17,18)3/h8,10,13-15,17-18,22H,4-7,9,11-12H2,1-3H3/t14-,15-,17-,18?,19-,20+/m1/s1. The fourth-order valence-corrected chi connectivity index (χ4v) is 6.51. The SMILES string of the molecule is C[C@H](C[C@H]1C=C[C@@](C)(O)C1)[C@H]1CCC2C(=CBr)CCC[C@]21C. The molecule has 0 aromatic rings. The molecule has 2 saturated carbocycles. The van der Waals surface area contributed by atoms with Gasteiger partial charge in [-0.3, -0.25) is 0 Å². The fourth-order valence-electron chi connectivity index (χ4n) is 5.96. The smallest absolute Gasteiger partial charge is 0.0805 e. The highest BCUT2D eigenvalue weighted by Crippen LogP contribution is 2.60. The molecule has 3 aliphatic rings. The molecule has 6 atom stereocenters. The quantitative estimate of drug-likeness (QED) is 0.622. The minimum absolute atomic E-state index is 0.502. The molecular weight excluding hydrogens is 336 g/mol. The summed E-state index contributed by atoms with van der Waals surface area (Å²) in [5.74, 6) is 2.98. The Hall–Kier alpha value is -0.0800. The summed E-state index contributed by atoms with van der Waals surface area (Å²) in [5, 5.41) is 10.1. The highest BCUT2D eigenvalue weighted by molar-refractivity contribution is 9.11. The van der Waals surface area contributed by atoms with E-state index < -0.39 is 5.60 Å². The molecule has 3 rings (SSSR count). The summed E-state index contributed by atoms with van der Waals surface area (Å²) >= 11 is 3.61. The first-order valence-corrected chi connectivity index (χ1v) is 9.98. The molecule has 0 saturated heterocycles. The van der Waals surface area contributed by atoms with Gasteiger partial charge in [0.1, 0.15) is 0 Å². The molecule has 0 spiro atoms. The van der Waals surface area contributed by atoms with Crippen molar-refractivity contribution < 1.29 is 5.11 Å². The van der Waals surface area contributed by atoms with E-state index in [0.29, 0.717) is 11.3 Å². The molecule has 1 nitrogen and oxygen atoms in total. The van der Waals surface area contributed by atoms with E-state index in [2.05, 4.69) is 40.8 Å². The van der Waals surface area contributed by atoms with Gasteiger partial charge >= 0.3 is 0 Å². The second-order valence-corrected chi connectivity index (χ2v) is 9.13. The van der Waals surface area contributed by atoms with Crippen molar-refractivity contribution in [3.8, 4) is 0 Å². The summed E-state index contributed by atoms with van der Waals surface area (Å²) in [4.78, 5) is 2.22. The lowest BCUT2D eigenvalue weighted by Crippen LogP contribution is -2.36. The number of halogens is 1. The van der Waals surface area contributed by atoms with Crippen molar-refractivity contribution in [1.82, 2.24) is 0 Å². The average Bonchev–Trinajstić information content (AvgIpc) is 2.97. The maximum absolute atomic E-state index is 10.1. The van der Waals surface area contributed by atoms with Crippen molar-refractivity contribution in [3.05, 3.63) is 22.7 Å². The first-order chi connectivity index (χ1) is 10.4. The van der Waals surface area contributed by atoms with Gasteiger partial charge in [0.2, 0.25) is 0 Å². The Kier molecular flexibility index (Phi) is 4.64. The monoisotopic (exact) mass is 366 g/mol. The fraction of sp³-hybridized carbons (Fsp3) is 0.800. The minimum Gasteiger partial charge on any atom is -0.386 e. The van der Waals surface area contributed by atoms with Gasteiger partial charge in [-0.1, -0.05) is 47.5 Å². The van der Waals surface area contributed by atoms with Crippen LogP contribution in [0.25, 0.3) is 0 Å². The lowest BCUT2D eigenvalue weighted by atomic mass is 9.61. The zero-order valence-corrected chi connectivity index (χ0v) is 15.9. The van der Waals surface area contributed by atoms with Crippen LogP contribution in [0.5, 0.6) is 0 Å². The van der Waals surface area contributed by atoms with E-state index in [1.54, 1.807) is 5.57 Å². The summed E-state index contributed by atoms with van der Waals surface area (Å²) in [5.41, 5.74) is 1.60. The van der Waals surface area contributed by atoms with Crippen LogP contribution in [0.1, 0.15) is 65.7 Å². The number of hydrogen-bond donors (Lipinski definition) is 1. The summed E-state index contributed by atoms with van der Waals surface area (Å²) in [6.45, 7) is 6.96. The van der Waals surface area contributed by atoms with Crippen LogP contribution in [0, 0.1) is 29.1 Å². The molecule has 1 unspecified atom stereocenters. The number of allylic oxidation sites excluding steroid dienone is 2. The topological polar surface area (TPSA) is 20.2 Å². The molecule has 3 aliphatic carbocycles. The molecule has 22 heavy (non-hydrogen) atoms. The van der Waals surface area contributed by atoms with Crippen molar-refractivity contribution in [3.63, 3.8) is 0 Å². The van der Waals surface area contributed by atoms with Crippen LogP contribution in [-0.4, -0.2) is 10.7 Å². The van der Waals surface area contributed by atoms with Crippen LogP contribution in [0.4, 0.5) is 0 Å². The van der Waals surface area contributed by atoms with Crippen molar-refractivity contribution in [2.75, 3.05) is 0 Å². The Morgan fingerprint density at radius 2 is 2.18 bits per heavy atom. The molecule has 0 amide bonds. The van der Waals surface area contributed by atoms with Crippen LogP contribution in [0.3, 0.4) is 0 Å². The predicted molar refractivity (Wildman–Crippen MR) is 96.8 cm³/mol. The van der Waals surface area contributed by atoms with E-state index in [0.717, 1.165) is 24.2 Å². The molecule has 0 radical (unpaired) electrons. The van der Waals surface area contributed by atoms with Gasteiger partial charge in [-0.25, -0.2) is 0 Å². The Labute approximate surface area is 144 Å². The van der Waals surface area contributed by atoms with Crippen molar-refractivity contribution in [2.24, 2.45) is 29.1 Å². The molecule has 2 fully saturated rings. The third-order valence-corrected chi connectivity index (χ3v) is 7.53. The van der Waals surface area contributed by atoms with Gasteiger partial charge in [0.25, 0.3) is 0 Å². The minimum atomic E-state index is -0.566. The zero-order valence-electron chi connectivity index (χ0n) is 14.3. The van der Waals surface area contributed by atoms with E-state index in [1.807, 2.05) is 13.0 Å². The summed E-state index contributed by atoms with van der Waals surface area (Å²) < 4.78 is 0. The number of aliphatic hydroxyl groups is 1. The lowest BCUT2D eigenvalue weighted by molar-refractivity contribution is 0.0756. The van der Waals surface area contributed by atoms with Gasteiger partial charge in [0.05, 0.1) is 5.60 Å². The molecule has 0 heterocycles. The van der Waals surface area contributed by atoms with Crippen LogP contribution >= 0.6 is 15.9 Å². The number of hydrogen-bond acceptors (Lipinski definition) is 1. The van der Waals surface area contributed by atoms with Gasteiger partial charge in [0, 0.05) is 0 Å². The maximum Gasteiger partial charge on any atom is 0.0805 e. The highest BCUT2D eigenvalue weighted by Gasteiger charge is 2.50. The molecule has 0 bridgehead atoms. The predicted octanol–water partition coefficient (Wildman–Crippen LogP) is 5.83. The molecule has 0 aliphatic heterocycles. The third-order valence-electron chi connectivity index (χ3n) is 6.94. The first-order valence-electron chi connectivity index (χ1n) is 9.06. The van der Waals surface area contributed by atoms with Crippen LogP contribution < -0.4 is 0 Å². The normalized spacial score (nSPS) is 47.9. The van der Waals surface area contributed by atoms with E-state index in [1.165, 1.54) is 38.5 Å². The van der Waals surface area contributed by atoms with Crippen molar-refractivity contribution in [1.29, 1.82) is 0 Å². The zero-order chi connectivity index (χ0) is 16.0. The average molecular weight is 367 g/mol. The van der Waals surface area contributed by atoms with Crippen molar-refractivity contribution >= 4 is 15.9 Å². The van der Waals surface area contributed by atoms with Gasteiger partial charge in [-0.15, -0.1) is 0 Å². The highest BCUT2D eigenvalue weighted by atomic mass is 79.9. The third kappa shape index (κ3) is 2.98. The molecule has 0 aromatic heterocycles.